The van der Waals surface area contributed by atoms with Crippen LogP contribution in [0.25, 0.3) is 0 Å². The van der Waals surface area contributed by atoms with Crippen molar-refractivity contribution in [3.63, 3.8) is 0 Å². The first-order valence-electron chi connectivity index (χ1n) is 2.23. The molecule has 2 nitrogen and oxygen atoms in total. The van der Waals surface area contributed by atoms with Crippen LogP contribution in [-0.4, -0.2) is 11.4 Å². The standard InChI is InChI=1S/C5H4INOS/c6-5-3-9-2-4(5)1-7-8/h1-3,8H. The molecule has 0 radical (unpaired) electrons. The van der Waals surface area contributed by atoms with Crippen molar-refractivity contribution in [1.29, 1.82) is 0 Å². The first kappa shape index (κ1) is 7.01. The van der Waals surface area contributed by atoms with Crippen LogP contribution in [0.5, 0.6) is 0 Å². The number of halogens is 1. The van der Waals surface area contributed by atoms with Crippen LogP contribution in [0.1, 0.15) is 5.56 Å². The highest BCUT2D eigenvalue weighted by atomic mass is 127. The molecule has 0 amide bonds. The molecule has 0 aromatic carbocycles. The number of hydrogen-bond acceptors (Lipinski definition) is 3. The van der Waals surface area contributed by atoms with Crippen LogP contribution in [0.15, 0.2) is 15.9 Å². The van der Waals surface area contributed by atoms with Crippen molar-refractivity contribution >= 4 is 40.1 Å². The van der Waals surface area contributed by atoms with E-state index >= 15 is 0 Å². The van der Waals surface area contributed by atoms with Gasteiger partial charge in [0.1, 0.15) is 0 Å². The Hall–Kier alpha value is -0.100. The fraction of sp³-hybridized carbons (Fsp3) is 0. The number of hydrogen-bond donors (Lipinski definition) is 1. The van der Waals surface area contributed by atoms with Crippen molar-refractivity contribution in [3.8, 4) is 0 Å². The molecule has 0 bridgehead atoms. The van der Waals surface area contributed by atoms with Crippen molar-refractivity contribution in [1.82, 2.24) is 0 Å². The van der Waals surface area contributed by atoms with Crippen molar-refractivity contribution < 1.29 is 5.21 Å². The van der Waals surface area contributed by atoms with Crippen LogP contribution < -0.4 is 0 Å². The smallest absolute Gasteiger partial charge is 0.0752 e. The first-order valence-corrected chi connectivity index (χ1v) is 4.26. The Balaban J connectivity index is 2.94. The molecule has 1 N–H and O–H groups in total. The second-order valence-corrected chi connectivity index (χ2v) is 3.33. The molecule has 4 heteroatoms. The molecule has 0 saturated carbocycles. The van der Waals surface area contributed by atoms with Crippen molar-refractivity contribution in [2.45, 2.75) is 0 Å². The molecule has 1 heterocycles. The third kappa shape index (κ3) is 1.65. The normalized spacial score (nSPS) is 10.8. The summed E-state index contributed by atoms with van der Waals surface area (Å²) >= 11 is 3.78. The maximum atomic E-state index is 8.13. The van der Waals surface area contributed by atoms with Crippen LogP contribution in [0, 0.1) is 3.57 Å². The molecular formula is C5H4INOS. The van der Waals surface area contributed by atoms with Gasteiger partial charge in [-0.1, -0.05) is 5.16 Å². The average molecular weight is 253 g/mol. The van der Waals surface area contributed by atoms with Gasteiger partial charge in [-0.15, -0.1) is 0 Å². The first-order chi connectivity index (χ1) is 4.34. The number of oxime groups is 1. The summed E-state index contributed by atoms with van der Waals surface area (Å²) in [6.07, 6.45) is 1.43. The Kier molecular flexibility index (Phi) is 2.47. The lowest BCUT2D eigenvalue weighted by molar-refractivity contribution is 0.322. The van der Waals surface area contributed by atoms with Crippen LogP contribution in [-0.2, 0) is 0 Å². The van der Waals surface area contributed by atoms with Gasteiger partial charge in [-0.2, -0.15) is 11.3 Å². The van der Waals surface area contributed by atoms with Gasteiger partial charge in [0.15, 0.2) is 0 Å². The number of thiophene rings is 1. The van der Waals surface area contributed by atoms with Crippen LogP contribution >= 0.6 is 33.9 Å². The van der Waals surface area contributed by atoms with Gasteiger partial charge in [0.05, 0.1) is 6.21 Å². The summed E-state index contributed by atoms with van der Waals surface area (Å²) in [5.74, 6) is 0. The molecular weight excluding hydrogens is 249 g/mol. The Morgan fingerprint density at radius 2 is 2.44 bits per heavy atom. The zero-order valence-electron chi connectivity index (χ0n) is 4.41. The fourth-order valence-corrected chi connectivity index (χ4v) is 2.05. The summed E-state index contributed by atoms with van der Waals surface area (Å²) in [6, 6.07) is 0. The molecule has 1 aromatic heterocycles. The van der Waals surface area contributed by atoms with Gasteiger partial charge in [-0.05, 0) is 22.6 Å². The lowest BCUT2D eigenvalue weighted by Gasteiger charge is -1.81. The molecule has 0 fully saturated rings. The van der Waals surface area contributed by atoms with Crippen LogP contribution in [0.2, 0.25) is 0 Å². The van der Waals surface area contributed by atoms with E-state index in [1.807, 2.05) is 10.8 Å². The molecule has 1 rings (SSSR count). The van der Waals surface area contributed by atoms with E-state index in [0.29, 0.717) is 0 Å². The Bertz CT molecular complexity index is 220. The van der Waals surface area contributed by atoms with Gasteiger partial charge < -0.3 is 5.21 Å². The lowest BCUT2D eigenvalue weighted by atomic mass is 10.4. The van der Waals surface area contributed by atoms with E-state index in [-0.39, 0.29) is 0 Å². The maximum Gasteiger partial charge on any atom is 0.0752 e. The molecule has 0 atom stereocenters. The maximum absolute atomic E-state index is 8.13. The molecule has 0 spiro atoms. The monoisotopic (exact) mass is 253 g/mol. The minimum atomic E-state index is 0.975. The quantitative estimate of drug-likeness (QED) is 0.353. The van der Waals surface area contributed by atoms with E-state index in [1.165, 1.54) is 6.21 Å². The molecule has 9 heavy (non-hydrogen) atoms. The predicted octanol–water partition coefficient (Wildman–Crippen LogP) is 2.16. The minimum absolute atomic E-state index is 0.975. The van der Waals surface area contributed by atoms with Gasteiger partial charge in [-0.3, -0.25) is 0 Å². The van der Waals surface area contributed by atoms with Gasteiger partial charge >= 0.3 is 0 Å². The Morgan fingerprint density at radius 3 is 2.89 bits per heavy atom. The van der Waals surface area contributed by atoms with E-state index in [9.17, 15) is 0 Å². The average Bonchev–Trinajstić information content (AvgIpc) is 2.18. The molecule has 1 aromatic rings. The predicted molar refractivity (Wildman–Crippen MR) is 46.4 cm³/mol. The number of nitrogens with zero attached hydrogens (tertiary/aromatic N) is 1. The Morgan fingerprint density at radius 1 is 1.67 bits per heavy atom. The highest BCUT2D eigenvalue weighted by molar-refractivity contribution is 14.1. The SMILES string of the molecule is ON=Cc1cscc1I. The molecule has 0 aliphatic carbocycles. The third-order valence-corrected chi connectivity index (χ3v) is 2.96. The molecule has 48 valence electrons. The highest BCUT2D eigenvalue weighted by Crippen LogP contribution is 2.14. The van der Waals surface area contributed by atoms with E-state index in [1.54, 1.807) is 11.3 Å². The van der Waals surface area contributed by atoms with E-state index < -0.39 is 0 Å². The summed E-state index contributed by atoms with van der Waals surface area (Å²) in [4.78, 5) is 0. The second kappa shape index (κ2) is 3.17. The van der Waals surface area contributed by atoms with Crippen molar-refractivity contribution in [2.24, 2.45) is 5.16 Å². The van der Waals surface area contributed by atoms with Crippen molar-refractivity contribution in [3.05, 3.63) is 19.9 Å². The topological polar surface area (TPSA) is 32.6 Å². The lowest BCUT2D eigenvalue weighted by Crippen LogP contribution is -1.77. The largest absolute Gasteiger partial charge is 0.411 e. The van der Waals surface area contributed by atoms with Gasteiger partial charge in [0, 0.05) is 19.9 Å². The van der Waals surface area contributed by atoms with E-state index in [0.717, 1.165) is 9.13 Å². The number of rotatable bonds is 1. The van der Waals surface area contributed by atoms with E-state index in [2.05, 4.69) is 27.7 Å². The minimum Gasteiger partial charge on any atom is -0.411 e. The molecule has 0 aliphatic heterocycles. The second-order valence-electron chi connectivity index (χ2n) is 1.42. The fourth-order valence-electron chi connectivity index (χ4n) is 0.446. The summed E-state index contributed by atoms with van der Waals surface area (Å²) in [5, 5.41) is 15.0. The zero-order valence-corrected chi connectivity index (χ0v) is 7.39. The summed E-state index contributed by atoms with van der Waals surface area (Å²) in [5.41, 5.74) is 0.975. The highest BCUT2D eigenvalue weighted by Gasteiger charge is 1.94. The zero-order chi connectivity index (χ0) is 6.69. The molecule has 0 unspecified atom stereocenters. The summed E-state index contributed by atoms with van der Waals surface area (Å²) < 4.78 is 1.12. The van der Waals surface area contributed by atoms with Gasteiger partial charge in [0.25, 0.3) is 0 Å². The Labute approximate surface area is 70.3 Å². The molecule has 0 aliphatic rings. The van der Waals surface area contributed by atoms with Crippen LogP contribution in [0.3, 0.4) is 0 Å². The van der Waals surface area contributed by atoms with Gasteiger partial charge in [0.2, 0.25) is 0 Å². The van der Waals surface area contributed by atoms with E-state index in [4.69, 9.17) is 5.21 Å². The summed E-state index contributed by atoms with van der Waals surface area (Å²) in [7, 11) is 0. The summed E-state index contributed by atoms with van der Waals surface area (Å²) in [6.45, 7) is 0. The van der Waals surface area contributed by atoms with Crippen molar-refractivity contribution in [2.75, 3.05) is 0 Å². The van der Waals surface area contributed by atoms with Crippen LogP contribution in [0.4, 0.5) is 0 Å². The third-order valence-electron chi connectivity index (χ3n) is 0.839. The van der Waals surface area contributed by atoms with Gasteiger partial charge in [-0.25, -0.2) is 0 Å². The molecule has 0 saturated heterocycles.